The Hall–Kier alpha value is -5.29. The summed E-state index contributed by atoms with van der Waals surface area (Å²) >= 11 is 1.25. The summed E-state index contributed by atoms with van der Waals surface area (Å²) in [5.41, 5.74) is 3.89. The minimum Gasteiger partial charge on any atom is -0.497 e. The number of carbonyl (C=O) groups is 1. The van der Waals surface area contributed by atoms with E-state index in [1.54, 1.807) is 49.8 Å². The van der Waals surface area contributed by atoms with E-state index >= 15 is 0 Å². The number of allylic oxidation sites excluding steroid dienone is 1. The number of fused-ring (bicyclic) bond motifs is 2. The third-order valence-electron chi connectivity index (χ3n) is 7.56. The quantitative estimate of drug-likeness (QED) is 0.143. The number of methoxy groups -OCH3 is 1. The number of thiazole rings is 1. The number of benzene rings is 3. The number of hydrogen-bond acceptors (Lipinski definition) is 8. The van der Waals surface area contributed by atoms with E-state index in [-0.39, 0.29) is 17.9 Å². The van der Waals surface area contributed by atoms with Crippen LogP contribution >= 0.6 is 11.3 Å². The molecule has 44 heavy (non-hydrogen) atoms. The molecule has 0 spiro atoms. The molecule has 1 aliphatic rings. The second-order valence-electron chi connectivity index (χ2n) is 10.2. The second-order valence-corrected chi connectivity index (χ2v) is 11.2. The first-order valence-corrected chi connectivity index (χ1v) is 14.8. The number of rotatable bonds is 8. The van der Waals surface area contributed by atoms with Gasteiger partial charge in [0, 0.05) is 35.3 Å². The molecule has 3 heterocycles. The maximum absolute atomic E-state index is 14.2. The van der Waals surface area contributed by atoms with Crippen molar-refractivity contribution in [3.05, 3.63) is 137 Å². The van der Waals surface area contributed by atoms with Gasteiger partial charge in [0.1, 0.15) is 5.75 Å². The summed E-state index contributed by atoms with van der Waals surface area (Å²) in [7, 11) is 1.58. The number of carbonyl (C=O) groups excluding carboxylic acids is 1. The van der Waals surface area contributed by atoms with E-state index in [0.717, 1.165) is 27.7 Å². The zero-order chi connectivity index (χ0) is 31.0. The molecule has 0 bridgehead atoms. The van der Waals surface area contributed by atoms with Crippen molar-refractivity contribution in [3.8, 4) is 5.75 Å². The molecule has 1 atom stereocenters. The van der Waals surface area contributed by atoms with Gasteiger partial charge in [-0.05, 0) is 55.3 Å². The van der Waals surface area contributed by atoms with Gasteiger partial charge in [0.25, 0.3) is 11.2 Å². The first kappa shape index (κ1) is 28.8. The predicted molar refractivity (Wildman–Crippen MR) is 168 cm³/mol. The van der Waals surface area contributed by atoms with Crippen molar-refractivity contribution in [3.63, 3.8) is 0 Å². The zero-order valence-electron chi connectivity index (χ0n) is 24.2. The lowest BCUT2D eigenvalue weighted by molar-refractivity contribution is -0.384. The van der Waals surface area contributed by atoms with E-state index in [0.29, 0.717) is 32.9 Å². The van der Waals surface area contributed by atoms with Crippen molar-refractivity contribution in [2.24, 2.45) is 4.99 Å². The Bertz CT molecular complexity index is 2120. The van der Waals surface area contributed by atoms with Crippen LogP contribution in [0.2, 0.25) is 0 Å². The summed E-state index contributed by atoms with van der Waals surface area (Å²) in [6, 6.07) is 22.9. The third-order valence-corrected chi connectivity index (χ3v) is 8.54. The normalized spacial score (nSPS) is 14.8. The van der Waals surface area contributed by atoms with Gasteiger partial charge in [-0.25, -0.2) is 9.79 Å². The van der Waals surface area contributed by atoms with Crippen LogP contribution in [0.1, 0.15) is 36.7 Å². The molecule has 2 aromatic heterocycles. The van der Waals surface area contributed by atoms with Gasteiger partial charge < -0.3 is 14.0 Å². The van der Waals surface area contributed by atoms with Crippen LogP contribution in [0, 0.1) is 10.1 Å². The van der Waals surface area contributed by atoms with Gasteiger partial charge in [-0.1, -0.05) is 53.8 Å². The Morgan fingerprint density at radius 3 is 2.50 bits per heavy atom. The van der Waals surface area contributed by atoms with Crippen molar-refractivity contribution in [2.75, 3.05) is 13.7 Å². The van der Waals surface area contributed by atoms with E-state index in [1.807, 2.05) is 48.5 Å². The van der Waals surface area contributed by atoms with Gasteiger partial charge in [0.15, 0.2) is 4.80 Å². The molecular weight excluding hydrogens is 580 g/mol. The first-order chi connectivity index (χ1) is 21.3. The standard InChI is InChI=1S/C33H28N4O6S/c1-4-43-32(39)29-20(2)34-33-36(30(29)22-11-15-26(42-3)16-12-22)31(38)28(44-33)18-25-17-23-7-5-6-8-27(23)35(25)19-21-9-13-24(14-10-21)37(40)41/h5-18,30H,4,19H2,1-3H3/b28-18+. The van der Waals surface area contributed by atoms with Crippen LogP contribution in [-0.4, -0.2) is 33.7 Å². The van der Waals surface area contributed by atoms with Crippen LogP contribution in [0.4, 0.5) is 5.69 Å². The lowest BCUT2D eigenvalue weighted by Gasteiger charge is -2.24. The summed E-state index contributed by atoms with van der Waals surface area (Å²) in [4.78, 5) is 43.2. The third kappa shape index (κ3) is 5.22. The fourth-order valence-electron chi connectivity index (χ4n) is 5.46. The smallest absolute Gasteiger partial charge is 0.338 e. The van der Waals surface area contributed by atoms with Gasteiger partial charge in [-0.2, -0.15) is 0 Å². The molecule has 0 aliphatic carbocycles. The van der Waals surface area contributed by atoms with Crippen LogP contribution in [0.25, 0.3) is 17.0 Å². The number of ether oxygens (including phenoxy) is 2. The molecule has 5 aromatic rings. The Morgan fingerprint density at radius 2 is 1.82 bits per heavy atom. The number of hydrogen-bond donors (Lipinski definition) is 0. The fourth-order valence-corrected chi connectivity index (χ4v) is 6.49. The van der Waals surface area contributed by atoms with Crippen LogP contribution in [0.5, 0.6) is 5.75 Å². The van der Waals surface area contributed by atoms with Crippen molar-refractivity contribution in [1.82, 2.24) is 9.13 Å². The molecule has 222 valence electrons. The van der Waals surface area contributed by atoms with Crippen LogP contribution in [0.15, 0.2) is 99.9 Å². The Kier molecular flexibility index (Phi) is 7.71. The highest BCUT2D eigenvalue weighted by Gasteiger charge is 2.33. The maximum Gasteiger partial charge on any atom is 0.338 e. The highest BCUT2D eigenvalue weighted by atomic mass is 32.1. The molecular formula is C33H28N4O6S. The number of nitro groups is 1. The van der Waals surface area contributed by atoms with Crippen LogP contribution in [-0.2, 0) is 16.1 Å². The predicted octanol–water partition coefficient (Wildman–Crippen LogP) is 4.72. The molecule has 0 fully saturated rings. The summed E-state index contributed by atoms with van der Waals surface area (Å²) in [5, 5.41) is 12.1. The Labute approximate surface area is 255 Å². The van der Waals surface area contributed by atoms with Crippen molar-refractivity contribution in [1.29, 1.82) is 0 Å². The summed E-state index contributed by atoms with van der Waals surface area (Å²) in [6.07, 6.45) is 1.84. The molecule has 1 aliphatic heterocycles. The minimum absolute atomic E-state index is 0.0244. The number of nitro benzene ring substituents is 1. The molecule has 10 nitrogen and oxygen atoms in total. The summed E-state index contributed by atoms with van der Waals surface area (Å²) in [5.74, 6) is 0.132. The highest BCUT2D eigenvalue weighted by molar-refractivity contribution is 7.07. The van der Waals surface area contributed by atoms with Crippen molar-refractivity contribution >= 4 is 40.0 Å². The SMILES string of the molecule is CCOC(=O)C1=C(C)N=c2s/c(=C/c3cc4ccccc4n3Cc3ccc([N+](=O)[O-])cc3)c(=O)n2C1c1ccc(OC)cc1. The van der Waals surface area contributed by atoms with Crippen molar-refractivity contribution in [2.45, 2.75) is 26.4 Å². The molecule has 0 radical (unpaired) electrons. The second kappa shape index (κ2) is 11.8. The fraction of sp³-hybridized carbons (Fsp3) is 0.182. The molecule has 1 unspecified atom stereocenters. The minimum atomic E-state index is -0.732. The molecule has 11 heteroatoms. The van der Waals surface area contributed by atoms with E-state index in [4.69, 9.17) is 9.47 Å². The first-order valence-electron chi connectivity index (χ1n) is 13.9. The average Bonchev–Trinajstić information content (AvgIpc) is 3.52. The molecule has 6 rings (SSSR count). The molecule has 0 saturated heterocycles. The summed E-state index contributed by atoms with van der Waals surface area (Å²) < 4.78 is 14.8. The van der Waals surface area contributed by atoms with Gasteiger partial charge >= 0.3 is 5.97 Å². The Balaban J connectivity index is 1.51. The summed E-state index contributed by atoms with van der Waals surface area (Å²) in [6.45, 7) is 4.12. The molecule has 3 aromatic carbocycles. The lowest BCUT2D eigenvalue weighted by Crippen LogP contribution is -2.40. The Morgan fingerprint density at radius 1 is 1.09 bits per heavy atom. The van der Waals surface area contributed by atoms with Gasteiger partial charge in [0.05, 0.1) is 40.5 Å². The largest absolute Gasteiger partial charge is 0.497 e. The van der Waals surface area contributed by atoms with Gasteiger partial charge in [-0.3, -0.25) is 19.5 Å². The number of non-ortho nitro benzene ring substituents is 1. The molecule has 0 N–H and O–H groups in total. The number of para-hydroxylation sites is 1. The number of aromatic nitrogens is 2. The van der Waals surface area contributed by atoms with Gasteiger partial charge in [0.2, 0.25) is 0 Å². The average molecular weight is 609 g/mol. The van der Waals surface area contributed by atoms with E-state index in [2.05, 4.69) is 9.56 Å². The van der Waals surface area contributed by atoms with Crippen LogP contribution < -0.4 is 19.6 Å². The van der Waals surface area contributed by atoms with Gasteiger partial charge in [-0.15, -0.1) is 0 Å². The van der Waals surface area contributed by atoms with Crippen LogP contribution in [0.3, 0.4) is 0 Å². The monoisotopic (exact) mass is 608 g/mol. The van der Waals surface area contributed by atoms with E-state index in [9.17, 15) is 19.7 Å². The number of nitrogens with zero attached hydrogens (tertiary/aromatic N) is 4. The number of esters is 1. The van der Waals surface area contributed by atoms with Crippen molar-refractivity contribution < 1.29 is 19.2 Å². The topological polar surface area (TPSA) is 118 Å². The maximum atomic E-state index is 14.2. The molecule has 0 saturated carbocycles. The lowest BCUT2D eigenvalue weighted by atomic mass is 9.96. The molecule has 0 amide bonds. The van der Waals surface area contributed by atoms with E-state index < -0.39 is 16.9 Å². The zero-order valence-corrected chi connectivity index (χ0v) is 25.0. The van der Waals surface area contributed by atoms with E-state index in [1.165, 1.54) is 23.5 Å². The highest BCUT2D eigenvalue weighted by Crippen LogP contribution is 2.32.